The Kier molecular flexibility index (Phi) is 5.36. The summed E-state index contributed by atoms with van der Waals surface area (Å²) in [6.45, 7) is 8.15. The van der Waals surface area contributed by atoms with Gasteiger partial charge < -0.3 is 15.0 Å². The Morgan fingerprint density at radius 1 is 1.27 bits per heavy atom. The van der Waals surface area contributed by atoms with Crippen molar-refractivity contribution in [1.29, 1.82) is 0 Å². The van der Waals surface area contributed by atoms with E-state index in [1.54, 1.807) is 32.7 Å². The predicted molar refractivity (Wildman–Crippen MR) is 94.8 cm³/mol. The zero-order valence-corrected chi connectivity index (χ0v) is 15.3. The quantitative estimate of drug-likeness (QED) is 0.855. The van der Waals surface area contributed by atoms with Crippen LogP contribution in [0.5, 0.6) is 0 Å². The Hall–Kier alpha value is -2.68. The molecule has 1 fully saturated rings. The molecule has 0 saturated carbocycles. The van der Waals surface area contributed by atoms with Gasteiger partial charge in [-0.15, -0.1) is 0 Å². The molecule has 2 aromatic rings. The van der Waals surface area contributed by atoms with Gasteiger partial charge in [-0.2, -0.15) is 10.2 Å². The smallest absolute Gasteiger partial charge is 0.274 e. The first-order valence-electron chi connectivity index (χ1n) is 8.81. The number of anilines is 1. The number of aromatic nitrogens is 4. The molecule has 2 amide bonds. The van der Waals surface area contributed by atoms with Crippen LogP contribution in [0.15, 0.2) is 18.5 Å². The molecular formula is C17H24N6O3. The third-order valence-corrected chi connectivity index (χ3v) is 4.36. The second-order valence-electron chi connectivity index (χ2n) is 6.14. The molecule has 3 heterocycles. The Bertz CT molecular complexity index is 796. The number of carbonyl (C=O) groups excluding carboxylic acids is 2. The fourth-order valence-electron chi connectivity index (χ4n) is 2.82. The molecular weight excluding hydrogens is 336 g/mol. The van der Waals surface area contributed by atoms with E-state index in [0.29, 0.717) is 31.1 Å². The van der Waals surface area contributed by atoms with Gasteiger partial charge in [0.05, 0.1) is 24.5 Å². The zero-order chi connectivity index (χ0) is 18.7. The van der Waals surface area contributed by atoms with Crippen LogP contribution in [0.1, 0.15) is 30.0 Å². The molecule has 1 atom stereocenters. The highest BCUT2D eigenvalue weighted by Crippen LogP contribution is 2.15. The summed E-state index contributed by atoms with van der Waals surface area (Å²) in [4.78, 5) is 26.8. The molecule has 1 aliphatic heterocycles. The molecule has 3 rings (SSSR count). The zero-order valence-electron chi connectivity index (χ0n) is 15.3. The molecule has 2 aromatic heterocycles. The Labute approximate surface area is 151 Å². The number of aryl methyl sites for hydroxylation is 3. The highest BCUT2D eigenvalue weighted by Gasteiger charge is 2.31. The maximum atomic E-state index is 12.6. The summed E-state index contributed by atoms with van der Waals surface area (Å²) >= 11 is 0. The van der Waals surface area contributed by atoms with Gasteiger partial charge in [-0.05, 0) is 26.8 Å². The van der Waals surface area contributed by atoms with Gasteiger partial charge >= 0.3 is 0 Å². The normalized spacial score (nSPS) is 17.3. The highest BCUT2D eigenvalue weighted by atomic mass is 16.5. The van der Waals surface area contributed by atoms with Crippen molar-refractivity contribution >= 4 is 17.5 Å². The maximum Gasteiger partial charge on any atom is 0.274 e. The molecule has 9 heteroatoms. The van der Waals surface area contributed by atoms with E-state index >= 15 is 0 Å². The minimum Gasteiger partial charge on any atom is -0.365 e. The van der Waals surface area contributed by atoms with Crippen molar-refractivity contribution in [3.05, 3.63) is 29.8 Å². The van der Waals surface area contributed by atoms with Crippen LogP contribution < -0.4 is 5.32 Å². The van der Waals surface area contributed by atoms with Gasteiger partial charge in [-0.3, -0.25) is 19.0 Å². The van der Waals surface area contributed by atoms with E-state index < -0.39 is 6.10 Å². The second kappa shape index (κ2) is 7.69. The summed E-state index contributed by atoms with van der Waals surface area (Å²) in [7, 11) is 0. The molecule has 140 valence electrons. The third-order valence-electron chi connectivity index (χ3n) is 4.36. The van der Waals surface area contributed by atoms with Crippen LogP contribution in [0.2, 0.25) is 0 Å². The third kappa shape index (κ3) is 3.77. The Morgan fingerprint density at radius 2 is 2.04 bits per heavy atom. The van der Waals surface area contributed by atoms with Crippen LogP contribution in [-0.4, -0.2) is 62.1 Å². The fourth-order valence-corrected chi connectivity index (χ4v) is 2.82. The molecule has 9 nitrogen and oxygen atoms in total. The van der Waals surface area contributed by atoms with Crippen LogP contribution in [0.25, 0.3) is 0 Å². The summed E-state index contributed by atoms with van der Waals surface area (Å²) in [5, 5.41) is 11.4. The summed E-state index contributed by atoms with van der Waals surface area (Å²) in [6, 6.07) is 1.69. The lowest BCUT2D eigenvalue weighted by atomic mass is 10.2. The number of nitrogens with one attached hydrogen (secondary N) is 1. The molecule has 0 aromatic carbocycles. The van der Waals surface area contributed by atoms with Crippen LogP contribution in [0, 0.1) is 6.92 Å². The van der Waals surface area contributed by atoms with Crippen molar-refractivity contribution < 1.29 is 14.3 Å². The van der Waals surface area contributed by atoms with E-state index in [4.69, 9.17) is 4.74 Å². The Balaban J connectivity index is 1.64. The minimum absolute atomic E-state index is 0.187. The van der Waals surface area contributed by atoms with Gasteiger partial charge in [0.2, 0.25) is 0 Å². The summed E-state index contributed by atoms with van der Waals surface area (Å²) in [6.07, 6.45) is 2.84. The number of ether oxygens (including phenoxy) is 1. The molecule has 26 heavy (non-hydrogen) atoms. The first kappa shape index (κ1) is 18.1. The highest BCUT2D eigenvalue weighted by molar-refractivity contribution is 5.96. The standard InChI is InChI=1S/C17H24N6O3/c1-4-22-7-6-13(20-22)17(25)21-8-9-26-15(11-21)16(24)18-14-10-23(5-2)19-12(14)3/h6-7,10,15H,4-5,8-9,11H2,1-3H3,(H,18,24). The average molecular weight is 360 g/mol. The maximum absolute atomic E-state index is 12.6. The average Bonchev–Trinajstić information content (AvgIpc) is 3.28. The molecule has 1 unspecified atom stereocenters. The van der Waals surface area contributed by atoms with Gasteiger partial charge in [-0.1, -0.05) is 0 Å². The van der Waals surface area contributed by atoms with E-state index in [-0.39, 0.29) is 18.4 Å². The van der Waals surface area contributed by atoms with Crippen LogP contribution in [-0.2, 0) is 22.6 Å². The number of hydrogen-bond acceptors (Lipinski definition) is 5. The van der Waals surface area contributed by atoms with E-state index in [1.165, 1.54) is 0 Å². The first-order chi connectivity index (χ1) is 12.5. The van der Waals surface area contributed by atoms with Gasteiger partial charge in [0.1, 0.15) is 5.69 Å². The first-order valence-corrected chi connectivity index (χ1v) is 8.81. The lowest BCUT2D eigenvalue weighted by molar-refractivity contribution is -0.131. The number of rotatable bonds is 5. The summed E-state index contributed by atoms with van der Waals surface area (Å²) in [5.41, 5.74) is 1.78. The molecule has 1 aliphatic rings. The largest absolute Gasteiger partial charge is 0.365 e. The van der Waals surface area contributed by atoms with E-state index in [2.05, 4.69) is 15.5 Å². The molecule has 0 spiro atoms. The number of carbonyl (C=O) groups is 2. The molecule has 0 radical (unpaired) electrons. The van der Waals surface area contributed by atoms with Crippen molar-refractivity contribution in [2.45, 2.75) is 40.0 Å². The monoisotopic (exact) mass is 360 g/mol. The number of morpholine rings is 1. The SMILES string of the molecule is CCn1ccc(C(=O)N2CCOC(C(=O)Nc3cn(CC)nc3C)C2)n1. The van der Waals surface area contributed by atoms with Crippen molar-refractivity contribution in [2.24, 2.45) is 0 Å². The number of amides is 2. The van der Waals surface area contributed by atoms with Gasteiger partial charge in [0.25, 0.3) is 11.8 Å². The lowest BCUT2D eigenvalue weighted by Gasteiger charge is -2.31. The van der Waals surface area contributed by atoms with E-state index in [1.807, 2.05) is 20.8 Å². The van der Waals surface area contributed by atoms with Gasteiger partial charge in [0.15, 0.2) is 6.10 Å². The number of nitrogens with zero attached hydrogens (tertiary/aromatic N) is 5. The second-order valence-corrected chi connectivity index (χ2v) is 6.14. The molecule has 0 bridgehead atoms. The predicted octanol–water partition coefficient (Wildman–Crippen LogP) is 0.908. The van der Waals surface area contributed by atoms with Crippen molar-refractivity contribution in [2.75, 3.05) is 25.0 Å². The molecule has 1 N–H and O–H groups in total. The molecule has 1 saturated heterocycles. The van der Waals surface area contributed by atoms with Crippen molar-refractivity contribution in [3.8, 4) is 0 Å². The fraction of sp³-hybridized carbons (Fsp3) is 0.529. The van der Waals surface area contributed by atoms with E-state index in [9.17, 15) is 9.59 Å². The lowest BCUT2D eigenvalue weighted by Crippen LogP contribution is -2.50. The van der Waals surface area contributed by atoms with Crippen molar-refractivity contribution in [1.82, 2.24) is 24.5 Å². The van der Waals surface area contributed by atoms with Crippen LogP contribution in [0.4, 0.5) is 5.69 Å². The summed E-state index contributed by atoms with van der Waals surface area (Å²) < 4.78 is 9.03. The van der Waals surface area contributed by atoms with Crippen LogP contribution in [0.3, 0.4) is 0 Å². The van der Waals surface area contributed by atoms with Gasteiger partial charge in [0, 0.05) is 32.0 Å². The Morgan fingerprint density at radius 3 is 2.69 bits per heavy atom. The summed E-state index contributed by atoms with van der Waals surface area (Å²) in [5.74, 6) is -0.464. The van der Waals surface area contributed by atoms with E-state index in [0.717, 1.165) is 12.2 Å². The molecule has 0 aliphatic carbocycles. The number of hydrogen-bond donors (Lipinski definition) is 1. The minimum atomic E-state index is -0.717. The topological polar surface area (TPSA) is 94.3 Å². The van der Waals surface area contributed by atoms with Crippen LogP contribution >= 0.6 is 0 Å². The van der Waals surface area contributed by atoms with Crippen molar-refractivity contribution in [3.63, 3.8) is 0 Å². The van der Waals surface area contributed by atoms with Gasteiger partial charge in [-0.25, -0.2) is 0 Å².